The minimum Gasteiger partial charge on any atom is -0.388 e. The highest BCUT2D eigenvalue weighted by Gasteiger charge is 2.49. The molecule has 0 amide bonds. The quantitative estimate of drug-likeness (QED) is 0.717. The highest BCUT2D eigenvalue weighted by atomic mass is 16.3. The number of aliphatic hydroxyl groups is 1. The summed E-state index contributed by atoms with van der Waals surface area (Å²) in [7, 11) is 2.18. The molecule has 3 atom stereocenters. The van der Waals surface area contributed by atoms with Crippen LogP contribution in [0.2, 0.25) is 0 Å². The number of hydrogen-bond acceptors (Lipinski definition) is 3. The van der Waals surface area contributed by atoms with Crippen LogP contribution in [0.1, 0.15) is 39.5 Å². The number of nitrogens with two attached hydrogens (primary N) is 1. The zero-order valence-electron chi connectivity index (χ0n) is 10.1. The third-order valence-corrected chi connectivity index (χ3v) is 4.50. The van der Waals surface area contributed by atoms with Gasteiger partial charge in [0.25, 0.3) is 0 Å². The summed E-state index contributed by atoms with van der Waals surface area (Å²) in [6.07, 6.45) is 4.18. The molecule has 0 spiro atoms. The minimum absolute atomic E-state index is 0.0747. The van der Waals surface area contributed by atoms with Gasteiger partial charge in [-0.15, -0.1) is 0 Å². The van der Waals surface area contributed by atoms with E-state index in [1.165, 1.54) is 12.8 Å². The van der Waals surface area contributed by atoms with Crippen LogP contribution in [0.25, 0.3) is 0 Å². The molecular formula is C12H24N2O. The number of hydrogen-bond donors (Lipinski definition) is 2. The zero-order valence-corrected chi connectivity index (χ0v) is 10.1. The predicted molar refractivity (Wildman–Crippen MR) is 61.6 cm³/mol. The molecule has 0 aromatic heterocycles. The van der Waals surface area contributed by atoms with Crippen LogP contribution in [0.15, 0.2) is 0 Å². The zero-order chi connectivity index (χ0) is 11.2. The number of piperidine rings is 1. The average Bonchev–Trinajstić information content (AvgIpc) is 2.40. The van der Waals surface area contributed by atoms with Crippen molar-refractivity contribution in [2.45, 2.75) is 63.3 Å². The van der Waals surface area contributed by atoms with Gasteiger partial charge in [-0.05, 0) is 38.6 Å². The van der Waals surface area contributed by atoms with Crippen LogP contribution >= 0.6 is 0 Å². The Hall–Kier alpha value is -0.120. The third-order valence-electron chi connectivity index (χ3n) is 4.50. The van der Waals surface area contributed by atoms with Gasteiger partial charge < -0.3 is 15.7 Å². The van der Waals surface area contributed by atoms with E-state index in [1.807, 2.05) is 0 Å². The van der Waals surface area contributed by atoms with Gasteiger partial charge in [0.15, 0.2) is 0 Å². The Kier molecular flexibility index (Phi) is 2.82. The molecule has 3 heteroatoms. The topological polar surface area (TPSA) is 49.5 Å². The maximum Gasteiger partial charge on any atom is 0.0830 e. The molecule has 0 aliphatic carbocycles. The van der Waals surface area contributed by atoms with Crippen LogP contribution in [0.3, 0.4) is 0 Å². The monoisotopic (exact) mass is 212 g/mol. The first-order chi connectivity index (χ1) is 6.94. The van der Waals surface area contributed by atoms with Crippen molar-refractivity contribution in [3.63, 3.8) is 0 Å². The van der Waals surface area contributed by atoms with E-state index in [1.54, 1.807) is 0 Å². The Morgan fingerprint density at radius 1 is 1.27 bits per heavy atom. The molecule has 0 saturated carbocycles. The second-order valence-corrected chi connectivity index (χ2v) is 5.83. The summed E-state index contributed by atoms with van der Waals surface area (Å²) in [6, 6.07) is 1.03. The first-order valence-corrected chi connectivity index (χ1v) is 6.14. The molecule has 3 nitrogen and oxygen atoms in total. The second kappa shape index (κ2) is 3.72. The van der Waals surface area contributed by atoms with Crippen molar-refractivity contribution < 1.29 is 5.11 Å². The molecule has 15 heavy (non-hydrogen) atoms. The van der Waals surface area contributed by atoms with Gasteiger partial charge in [-0.25, -0.2) is 0 Å². The van der Waals surface area contributed by atoms with E-state index in [4.69, 9.17) is 5.73 Å². The van der Waals surface area contributed by atoms with Gasteiger partial charge in [-0.3, -0.25) is 0 Å². The summed E-state index contributed by atoms with van der Waals surface area (Å²) in [6.45, 7) is 4.20. The van der Waals surface area contributed by atoms with Crippen LogP contribution in [-0.2, 0) is 0 Å². The molecule has 0 radical (unpaired) electrons. The lowest BCUT2D eigenvalue weighted by Crippen LogP contribution is -2.59. The summed E-state index contributed by atoms with van der Waals surface area (Å²) in [5.74, 6) is 0.359. The second-order valence-electron chi connectivity index (χ2n) is 5.83. The molecule has 2 heterocycles. The smallest absolute Gasteiger partial charge is 0.0830 e. The first kappa shape index (κ1) is 11.4. The lowest BCUT2D eigenvalue weighted by molar-refractivity contribution is -0.0709. The largest absolute Gasteiger partial charge is 0.388 e. The molecule has 2 aliphatic rings. The third kappa shape index (κ3) is 1.81. The molecule has 3 N–H and O–H groups in total. The lowest BCUT2D eigenvalue weighted by atomic mass is 9.77. The van der Waals surface area contributed by atoms with Crippen LogP contribution in [0.5, 0.6) is 0 Å². The molecule has 2 bridgehead atoms. The molecular weight excluding hydrogens is 188 g/mol. The molecule has 2 rings (SSSR count). The van der Waals surface area contributed by atoms with Crippen molar-refractivity contribution in [1.29, 1.82) is 0 Å². The molecule has 0 aromatic carbocycles. The van der Waals surface area contributed by atoms with Crippen molar-refractivity contribution >= 4 is 0 Å². The molecule has 3 unspecified atom stereocenters. The normalized spacial score (nSPS) is 43.6. The summed E-state index contributed by atoms with van der Waals surface area (Å²) in [5, 5.41) is 10.7. The summed E-state index contributed by atoms with van der Waals surface area (Å²) < 4.78 is 0. The maximum atomic E-state index is 10.7. The van der Waals surface area contributed by atoms with Crippen molar-refractivity contribution in [3.05, 3.63) is 0 Å². The van der Waals surface area contributed by atoms with Gasteiger partial charge in [0, 0.05) is 18.1 Å². The van der Waals surface area contributed by atoms with Crippen molar-refractivity contribution in [1.82, 2.24) is 4.90 Å². The van der Waals surface area contributed by atoms with Crippen molar-refractivity contribution in [3.8, 4) is 0 Å². The van der Waals surface area contributed by atoms with Gasteiger partial charge in [-0.1, -0.05) is 13.8 Å². The Morgan fingerprint density at radius 3 is 2.13 bits per heavy atom. The fourth-order valence-corrected chi connectivity index (χ4v) is 3.37. The molecule has 2 fully saturated rings. The van der Waals surface area contributed by atoms with Gasteiger partial charge in [-0.2, -0.15) is 0 Å². The van der Waals surface area contributed by atoms with Crippen LogP contribution in [-0.4, -0.2) is 40.8 Å². The predicted octanol–water partition coefficient (Wildman–Crippen LogP) is 0.957. The maximum absolute atomic E-state index is 10.7. The Bertz CT molecular complexity index is 228. The minimum atomic E-state index is -0.619. The van der Waals surface area contributed by atoms with Crippen LogP contribution in [0.4, 0.5) is 0 Å². The van der Waals surface area contributed by atoms with Gasteiger partial charge in [0.2, 0.25) is 0 Å². The Labute approximate surface area is 92.6 Å². The standard InChI is InChI=1S/C12H24N2O/c1-8(2)11(13)12(15)6-9-4-5-10(7-12)14(9)3/h8-11,15H,4-7,13H2,1-3H3. The average molecular weight is 212 g/mol. The summed E-state index contributed by atoms with van der Waals surface area (Å²) >= 11 is 0. The number of fused-ring (bicyclic) bond motifs is 2. The van der Waals surface area contributed by atoms with Gasteiger partial charge in [0.05, 0.1) is 5.60 Å². The SMILES string of the molecule is CC(C)C(N)C1(O)CC2CCC(C1)N2C. The van der Waals surface area contributed by atoms with Gasteiger partial charge in [0.1, 0.15) is 0 Å². The Morgan fingerprint density at radius 2 is 1.73 bits per heavy atom. The lowest BCUT2D eigenvalue weighted by Gasteiger charge is -2.46. The van der Waals surface area contributed by atoms with E-state index >= 15 is 0 Å². The molecule has 0 aromatic rings. The fourth-order valence-electron chi connectivity index (χ4n) is 3.37. The van der Waals surface area contributed by atoms with E-state index in [0.717, 1.165) is 12.8 Å². The first-order valence-electron chi connectivity index (χ1n) is 6.14. The van der Waals surface area contributed by atoms with Gasteiger partial charge >= 0.3 is 0 Å². The highest BCUT2D eigenvalue weighted by molar-refractivity contribution is 5.05. The van der Waals surface area contributed by atoms with E-state index < -0.39 is 5.60 Å². The van der Waals surface area contributed by atoms with Crippen LogP contribution in [0, 0.1) is 5.92 Å². The van der Waals surface area contributed by atoms with Crippen molar-refractivity contribution in [2.75, 3.05) is 7.05 Å². The number of rotatable bonds is 2. The van der Waals surface area contributed by atoms with E-state index in [9.17, 15) is 5.11 Å². The van der Waals surface area contributed by atoms with Crippen LogP contribution < -0.4 is 5.73 Å². The van der Waals surface area contributed by atoms with Crippen molar-refractivity contribution in [2.24, 2.45) is 11.7 Å². The molecule has 2 aliphatic heterocycles. The van der Waals surface area contributed by atoms with E-state index in [-0.39, 0.29) is 6.04 Å². The summed E-state index contributed by atoms with van der Waals surface area (Å²) in [4.78, 5) is 2.43. The highest BCUT2D eigenvalue weighted by Crippen LogP contribution is 2.41. The summed E-state index contributed by atoms with van der Waals surface area (Å²) in [5.41, 5.74) is 5.54. The molecule has 2 saturated heterocycles. The van der Waals surface area contributed by atoms with E-state index in [2.05, 4.69) is 25.8 Å². The fraction of sp³-hybridized carbons (Fsp3) is 1.00. The Balaban J connectivity index is 2.12. The van der Waals surface area contributed by atoms with E-state index in [0.29, 0.717) is 18.0 Å². The number of nitrogens with zero attached hydrogens (tertiary/aromatic N) is 1. The molecule has 88 valence electrons.